The third-order valence-corrected chi connectivity index (χ3v) is 3.96. The lowest BCUT2D eigenvalue weighted by molar-refractivity contribution is 0.593. The summed E-state index contributed by atoms with van der Waals surface area (Å²) in [5.74, 6) is 0. The molecule has 3 aromatic rings. The molecule has 0 aliphatic carbocycles. The fourth-order valence-electron chi connectivity index (χ4n) is 2.91. The van der Waals surface area contributed by atoms with Crippen LogP contribution in [0.3, 0.4) is 0 Å². The van der Waals surface area contributed by atoms with E-state index in [9.17, 15) is 5.02 Å². The standard InChI is InChI=1S/C18H14BNO/c21-19-17-9-5-4-8-15(17)16-12-14(10-11-18(16)20-19)13-6-2-1-3-7-13/h1-12,20-21H. The van der Waals surface area contributed by atoms with Gasteiger partial charge in [-0.2, -0.15) is 0 Å². The molecule has 100 valence electrons. The van der Waals surface area contributed by atoms with E-state index in [0.29, 0.717) is 0 Å². The molecule has 3 aromatic carbocycles. The molecule has 0 bridgehead atoms. The van der Waals surface area contributed by atoms with Gasteiger partial charge in [-0.25, -0.2) is 0 Å². The summed E-state index contributed by atoms with van der Waals surface area (Å²) in [4.78, 5) is 0. The maximum atomic E-state index is 10.2. The first-order valence-corrected chi connectivity index (χ1v) is 7.06. The van der Waals surface area contributed by atoms with Crippen LogP contribution < -0.4 is 10.7 Å². The van der Waals surface area contributed by atoms with Crippen molar-refractivity contribution in [1.29, 1.82) is 0 Å². The molecule has 0 atom stereocenters. The van der Waals surface area contributed by atoms with Crippen molar-refractivity contribution in [3.05, 3.63) is 72.8 Å². The van der Waals surface area contributed by atoms with Crippen molar-refractivity contribution in [2.75, 3.05) is 5.23 Å². The van der Waals surface area contributed by atoms with E-state index in [1.54, 1.807) is 0 Å². The van der Waals surface area contributed by atoms with Crippen molar-refractivity contribution in [3.63, 3.8) is 0 Å². The Bertz CT molecular complexity index is 801. The quantitative estimate of drug-likeness (QED) is 0.666. The van der Waals surface area contributed by atoms with Gasteiger partial charge in [0.1, 0.15) is 0 Å². The van der Waals surface area contributed by atoms with Crippen LogP contribution in [0.15, 0.2) is 72.8 Å². The number of hydrogen-bond acceptors (Lipinski definition) is 2. The normalized spacial score (nSPS) is 12.3. The number of rotatable bonds is 1. The highest BCUT2D eigenvalue weighted by molar-refractivity contribution is 6.72. The van der Waals surface area contributed by atoms with Crippen molar-refractivity contribution in [2.45, 2.75) is 0 Å². The van der Waals surface area contributed by atoms with Gasteiger partial charge >= 0.3 is 7.05 Å². The topological polar surface area (TPSA) is 32.3 Å². The highest BCUT2D eigenvalue weighted by atomic mass is 16.2. The molecule has 0 saturated heterocycles. The van der Waals surface area contributed by atoms with Crippen molar-refractivity contribution < 1.29 is 5.02 Å². The van der Waals surface area contributed by atoms with Crippen LogP contribution in [0.1, 0.15) is 0 Å². The van der Waals surface area contributed by atoms with Crippen molar-refractivity contribution in [1.82, 2.24) is 0 Å². The molecule has 3 heteroatoms. The zero-order chi connectivity index (χ0) is 14.2. The predicted molar refractivity (Wildman–Crippen MR) is 88.5 cm³/mol. The van der Waals surface area contributed by atoms with Crippen LogP contribution in [0.4, 0.5) is 5.69 Å². The summed E-state index contributed by atoms with van der Waals surface area (Å²) >= 11 is 0. The molecule has 0 amide bonds. The summed E-state index contributed by atoms with van der Waals surface area (Å²) < 4.78 is 0. The van der Waals surface area contributed by atoms with Crippen LogP contribution in [0.5, 0.6) is 0 Å². The first-order chi connectivity index (χ1) is 10.3. The Morgan fingerprint density at radius 1 is 0.714 bits per heavy atom. The molecule has 0 unspecified atom stereocenters. The van der Waals surface area contributed by atoms with Gasteiger partial charge in [0, 0.05) is 11.3 Å². The number of fused-ring (bicyclic) bond motifs is 3. The van der Waals surface area contributed by atoms with Gasteiger partial charge in [0.25, 0.3) is 0 Å². The molecule has 2 N–H and O–H groups in total. The van der Waals surface area contributed by atoms with Gasteiger partial charge < -0.3 is 10.3 Å². The molecule has 0 radical (unpaired) electrons. The van der Waals surface area contributed by atoms with Gasteiger partial charge in [0.15, 0.2) is 0 Å². The zero-order valence-corrected chi connectivity index (χ0v) is 11.5. The Labute approximate surface area is 124 Å². The van der Waals surface area contributed by atoms with Crippen LogP contribution in [0, 0.1) is 0 Å². The summed E-state index contributed by atoms with van der Waals surface area (Å²) in [7, 11) is -0.642. The van der Waals surface area contributed by atoms with Crippen molar-refractivity contribution in [3.8, 4) is 22.3 Å². The third kappa shape index (κ3) is 2.03. The molecule has 0 saturated carbocycles. The summed E-state index contributed by atoms with van der Waals surface area (Å²) in [5.41, 5.74) is 6.51. The van der Waals surface area contributed by atoms with Gasteiger partial charge in [-0.15, -0.1) is 0 Å². The molecule has 0 aromatic heterocycles. The maximum Gasteiger partial charge on any atom is 0.447 e. The fourth-order valence-corrected chi connectivity index (χ4v) is 2.91. The smallest absolute Gasteiger partial charge is 0.429 e. The van der Waals surface area contributed by atoms with Crippen molar-refractivity contribution >= 4 is 18.2 Å². The second-order valence-corrected chi connectivity index (χ2v) is 5.26. The van der Waals surface area contributed by atoms with Crippen LogP contribution in [-0.4, -0.2) is 12.1 Å². The third-order valence-electron chi connectivity index (χ3n) is 3.96. The Morgan fingerprint density at radius 2 is 1.48 bits per heavy atom. The Kier molecular flexibility index (Phi) is 2.79. The molecular weight excluding hydrogens is 257 g/mol. The van der Waals surface area contributed by atoms with Gasteiger partial charge in [0.2, 0.25) is 0 Å². The van der Waals surface area contributed by atoms with Gasteiger partial charge in [0.05, 0.1) is 0 Å². The van der Waals surface area contributed by atoms with Crippen LogP contribution in [0.2, 0.25) is 0 Å². The maximum absolute atomic E-state index is 10.2. The van der Waals surface area contributed by atoms with E-state index in [1.165, 1.54) is 11.1 Å². The number of anilines is 1. The monoisotopic (exact) mass is 271 g/mol. The molecule has 2 nitrogen and oxygen atoms in total. The highest BCUT2D eigenvalue weighted by Gasteiger charge is 2.26. The average molecular weight is 271 g/mol. The number of hydrogen-bond donors (Lipinski definition) is 2. The van der Waals surface area contributed by atoms with E-state index in [-0.39, 0.29) is 0 Å². The second kappa shape index (κ2) is 4.79. The van der Waals surface area contributed by atoms with Crippen LogP contribution in [-0.2, 0) is 0 Å². The first kappa shape index (κ1) is 12.2. The largest absolute Gasteiger partial charge is 0.447 e. The lowest BCUT2D eigenvalue weighted by atomic mass is 9.67. The highest BCUT2D eigenvalue weighted by Crippen LogP contribution is 2.34. The zero-order valence-electron chi connectivity index (χ0n) is 11.5. The Morgan fingerprint density at radius 3 is 2.33 bits per heavy atom. The average Bonchev–Trinajstić information content (AvgIpc) is 2.56. The lowest BCUT2D eigenvalue weighted by Crippen LogP contribution is -2.42. The Hall–Kier alpha value is -2.52. The number of benzene rings is 3. The fraction of sp³-hybridized carbons (Fsp3) is 0. The molecule has 0 spiro atoms. The summed E-state index contributed by atoms with van der Waals surface area (Å²) in [6.45, 7) is 0. The molecule has 4 rings (SSSR count). The summed E-state index contributed by atoms with van der Waals surface area (Å²) in [6.07, 6.45) is 0. The number of nitrogens with one attached hydrogen (secondary N) is 1. The first-order valence-electron chi connectivity index (χ1n) is 7.06. The molecule has 21 heavy (non-hydrogen) atoms. The minimum atomic E-state index is -0.642. The summed E-state index contributed by atoms with van der Waals surface area (Å²) in [5, 5.41) is 13.3. The minimum absolute atomic E-state index is 0.642. The predicted octanol–water partition coefficient (Wildman–Crippen LogP) is 3.13. The molecular formula is C18H14BNO. The molecule has 1 heterocycles. The van der Waals surface area contributed by atoms with Crippen LogP contribution >= 0.6 is 0 Å². The van der Waals surface area contributed by atoms with E-state index < -0.39 is 7.05 Å². The van der Waals surface area contributed by atoms with Gasteiger partial charge in [-0.3, -0.25) is 0 Å². The Balaban J connectivity index is 1.90. The van der Waals surface area contributed by atoms with Crippen molar-refractivity contribution in [2.24, 2.45) is 0 Å². The van der Waals surface area contributed by atoms with E-state index in [1.807, 2.05) is 42.5 Å². The SMILES string of the molecule is OB1Nc2ccc(-c3ccccc3)cc2-c2ccccc21. The molecule has 1 aliphatic heterocycles. The van der Waals surface area contributed by atoms with Crippen LogP contribution in [0.25, 0.3) is 22.3 Å². The van der Waals surface area contributed by atoms with E-state index in [4.69, 9.17) is 0 Å². The lowest BCUT2D eigenvalue weighted by Gasteiger charge is -2.24. The van der Waals surface area contributed by atoms with E-state index in [2.05, 4.69) is 35.6 Å². The molecule has 0 fully saturated rings. The van der Waals surface area contributed by atoms with E-state index in [0.717, 1.165) is 22.3 Å². The van der Waals surface area contributed by atoms with Gasteiger partial charge in [-0.1, -0.05) is 60.7 Å². The van der Waals surface area contributed by atoms with E-state index >= 15 is 0 Å². The molecule has 1 aliphatic rings. The second-order valence-electron chi connectivity index (χ2n) is 5.26. The van der Waals surface area contributed by atoms with Gasteiger partial charge in [-0.05, 0) is 34.3 Å². The summed E-state index contributed by atoms with van der Waals surface area (Å²) in [6, 6.07) is 24.6. The minimum Gasteiger partial charge on any atom is -0.429 e.